The van der Waals surface area contributed by atoms with E-state index in [1.54, 1.807) is 12.1 Å². The first-order chi connectivity index (χ1) is 18.2. The molecule has 38 heavy (non-hydrogen) atoms. The van der Waals surface area contributed by atoms with Crippen LogP contribution in [-0.2, 0) is 36.7 Å². The van der Waals surface area contributed by atoms with E-state index in [0.29, 0.717) is 18.9 Å². The maximum Gasteiger partial charge on any atom is 0.494 e. The molecule has 0 aliphatic carbocycles. The fourth-order valence-corrected chi connectivity index (χ4v) is 3.91. The first-order valence-electron chi connectivity index (χ1n) is 12.9. The molecule has 3 aromatic carbocycles. The molecule has 1 saturated heterocycles. The van der Waals surface area contributed by atoms with Crippen LogP contribution >= 0.6 is 0 Å². The number of anilines is 1. The first kappa shape index (κ1) is 27.9. The van der Waals surface area contributed by atoms with Gasteiger partial charge < -0.3 is 23.5 Å². The number of rotatable bonds is 10. The summed E-state index contributed by atoms with van der Waals surface area (Å²) in [6.45, 7) is 11.1. The Kier molecular flexibility index (Phi) is 8.89. The van der Waals surface area contributed by atoms with Gasteiger partial charge in [-0.05, 0) is 63.3 Å². The van der Waals surface area contributed by atoms with Gasteiger partial charge in [0.1, 0.15) is 6.61 Å². The van der Waals surface area contributed by atoms with Gasteiger partial charge in [-0.25, -0.2) is 4.79 Å². The Morgan fingerprint density at radius 3 is 2.03 bits per heavy atom. The summed E-state index contributed by atoms with van der Waals surface area (Å²) in [6, 6.07) is 25.0. The van der Waals surface area contributed by atoms with Crippen LogP contribution < -0.4 is 10.8 Å². The third-order valence-electron chi connectivity index (χ3n) is 6.87. The van der Waals surface area contributed by atoms with Gasteiger partial charge in [0, 0.05) is 17.9 Å². The normalized spacial score (nSPS) is 16.7. The van der Waals surface area contributed by atoms with E-state index in [1.807, 2.05) is 101 Å². The molecule has 1 heterocycles. The molecule has 7 nitrogen and oxygen atoms in total. The Balaban J connectivity index is 1.26. The third-order valence-corrected chi connectivity index (χ3v) is 6.87. The van der Waals surface area contributed by atoms with Crippen molar-refractivity contribution in [1.82, 2.24) is 0 Å². The first-order valence-corrected chi connectivity index (χ1v) is 12.9. The summed E-state index contributed by atoms with van der Waals surface area (Å²) < 4.78 is 29.3. The van der Waals surface area contributed by atoms with Gasteiger partial charge >= 0.3 is 13.2 Å². The van der Waals surface area contributed by atoms with Crippen LogP contribution in [0.4, 0.5) is 10.5 Å². The molecule has 4 rings (SSSR count). The molecule has 0 aromatic heterocycles. The highest BCUT2D eigenvalue weighted by Gasteiger charge is 2.51. The summed E-state index contributed by atoms with van der Waals surface area (Å²) in [5, 5.41) is 2.76. The fraction of sp³-hybridized carbons (Fsp3) is 0.367. The quantitative estimate of drug-likeness (QED) is 0.263. The fourth-order valence-electron chi connectivity index (χ4n) is 3.91. The monoisotopic (exact) mass is 517 g/mol. The van der Waals surface area contributed by atoms with E-state index in [9.17, 15) is 4.79 Å². The van der Waals surface area contributed by atoms with Crippen molar-refractivity contribution in [3.63, 3.8) is 0 Å². The number of amides is 1. The standard InChI is InChI=1S/C30H36BNO6/c1-6-34-27(35-20-22-10-8-7-9-11-22)24-14-18-26(19-15-24)32-28(33)36-21-23-12-16-25(17-13-23)31-37-29(2,3)30(4,5)38-31/h7-19,27H,6,20-21H2,1-5H3,(H,32,33). The van der Waals surface area contributed by atoms with Crippen LogP contribution in [0.25, 0.3) is 0 Å². The molecule has 0 bridgehead atoms. The summed E-state index contributed by atoms with van der Waals surface area (Å²) >= 11 is 0. The molecule has 8 heteroatoms. The number of carbonyl (C=O) groups excluding carboxylic acids is 1. The minimum Gasteiger partial charge on any atom is -0.444 e. The SMILES string of the molecule is CCOC(OCc1ccccc1)c1ccc(NC(=O)OCc2ccc(B3OC(C)(C)C(C)(C)O3)cc2)cc1. The van der Waals surface area contributed by atoms with Gasteiger partial charge in [0.05, 0.1) is 17.8 Å². The summed E-state index contributed by atoms with van der Waals surface area (Å²) in [5.74, 6) is 0. The van der Waals surface area contributed by atoms with Gasteiger partial charge in [0.15, 0.2) is 6.29 Å². The number of hydrogen-bond acceptors (Lipinski definition) is 6. The van der Waals surface area contributed by atoms with Crippen molar-refractivity contribution < 1.29 is 28.3 Å². The van der Waals surface area contributed by atoms with Gasteiger partial charge in [0.2, 0.25) is 0 Å². The highest BCUT2D eigenvalue weighted by atomic mass is 16.7. The number of ether oxygens (including phenoxy) is 3. The average Bonchev–Trinajstić information content (AvgIpc) is 3.13. The largest absolute Gasteiger partial charge is 0.494 e. The Bertz CT molecular complexity index is 1170. The van der Waals surface area contributed by atoms with Gasteiger partial charge in [-0.1, -0.05) is 66.7 Å². The van der Waals surface area contributed by atoms with Crippen molar-refractivity contribution in [2.75, 3.05) is 11.9 Å². The van der Waals surface area contributed by atoms with Crippen molar-refractivity contribution in [2.45, 2.75) is 65.3 Å². The summed E-state index contributed by atoms with van der Waals surface area (Å²) in [4.78, 5) is 12.4. The van der Waals surface area contributed by atoms with E-state index in [4.69, 9.17) is 23.5 Å². The maximum absolute atomic E-state index is 12.4. The highest BCUT2D eigenvalue weighted by molar-refractivity contribution is 6.62. The Morgan fingerprint density at radius 2 is 1.42 bits per heavy atom. The van der Waals surface area contributed by atoms with E-state index in [2.05, 4.69) is 5.32 Å². The summed E-state index contributed by atoms with van der Waals surface area (Å²) in [5.41, 5.74) is 3.56. The molecular weight excluding hydrogens is 481 g/mol. The number of nitrogens with one attached hydrogen (secondary N) is 1. The lowest BCUT2D eigenvalue weighted by molar-refractivity contribution is -0.151. The molecule has 1 N–H and O–H groups in total. The van der Waals surface area contributed by atoms with Gasteiger partial charge in [-0.3, -0.25) is 5.32 Å². The summed E-state index contributed by atoms with van der Waals surface area (Å²) in [7, 11) is -0.424. The maximum atomic E-state index is 12.4. The van der Waals surface area contributed by atoms with Crippen molar-refractivity contribution >= 4 is 24.4 Å². The number of hydrogen-bond donors (Lipinski definition) is 1. The lowest BCUT2D eigenvalue weighted by atomic mass is 9.79. The number of carbonyl (C=O) groups is 1. The zero-order valence-corrected chi connectivity index (χ0v) is 22.7. The van der Waals surface area contributed by atoms with E-state index in [-0.39, 0.29) is 6.61 Å². The van der Waals surface area contributed by atoms with Crippen molar-refractivity contribution in [3.05, 3.63) is 95.6 Å². The molecular formula is C30H36BNO6. The lowest BCUT2D eigenvalue weighted by Gasteiger charge is -2.32. The van der Waals surface area contributed by atoms with Crippen LogP contribution in [0, 0.1) is 0 Å². The molecule has 1 amide bonds. The molecule has 3 aromatic rings. The van der Waals surface area contributed by atoms with E-state index < -0.39 is 30.7 Å². The summed E-state index contributed by atoms with van der Waals surface area (Å²) in [6.07, 6.45) is -1.03. The van der Waals surface area contributed by atoms with Crippen LogP contribution in [0.15, 0.2) is 78.9 Å². The minimum absolute atomic E-state index is 0.146. The molecule has 1 atom stereocenters. The highest BCUT2D eigenvalue weighted by Crippen LogP contribution is 2.36. The van der Waals surface area contributed by atoms with Crippen LogP contribution in [0.3, 0.4) is 0 Å². The van der Waals surface area contributed by atoms with E-state index in [1.165, 1.54) is 0 Å². The van der Waals surface area contributed by atoms with Crippen LogP contribution in [0.1, 0.15) is 57.6 Å². The average molecular weight is 517 g/mol. The third kappa shape index (κ3) is 7.02. The molecule has 0 spiro atoms. The zero-order valence-electron chi connectivity index (χ0n) is 22.7. The Hall–Kier alpha value is -3.17. The second-order valence-electron chi connectivity index (χ2n) is 10.2. The molecule has 0 saturated carbocycles. The van der Waals surface area contributed by atoms with Gasteiger partial charge in [0.25, 0.3) is 0 Å². The van der Waals surface area contributed by atoms with Crippen molar-refractivity contribution in [2.24, 2.45) is 0 Å². The number of benzene rings is 3. The second kappa shape index (κ2) is 12.1. The molecule has 200 valence electrons. The van der Waals surface area contributed by atoms with Gasteiger partial charge in [-0.15, -0.1) is 0 Å². The molecule has 1 fully saturated rings. The Morgan fingerprint density at radius 1 is 0.816 bits per heavy atom. The van der Waals surface area contributed by atoms with Gasteiger partial charge in [-0.2, -0.15) is 0 Å². The zero-order chi connectivity index (χ0) is 27.2. The van der Waals surface area contributed by atoms with E-state index in [0.717, 1.165) is 22.2 Å². The predicted octanol–water partition coefficient (Wildman–Crippen LogP) is 5.99. The predicted molar refractivity (Wildman–Crippen MR) is 148 cm³/mol. The Labute approximate surface area is 225 Å². The molecule has 1 unspecified atom stereocenters. The molecule has 0 radical (unpaired) electrons. The van der Waals surface area contributed by atoms with Crippen LogP contribution in [0.2, 0.25) is 0 Å². The second-order valence-corrected chi connectivity index (χ2v) is 10.2. The smallest absolute Gasteiger partial charge is 0.444 e. The molecule has 1 aliphatic rings. The van der Waals surface area contributed by atoms with Crippen LogP contribution in [0.5, 0.6) is 0 Å². The van der Waals surface area contributed by atoms with Crippen LogP contribution in [-0.4, -0.2) is 31.0 Å². The van der Waals surface area contributed by atoms with E-state index >= 15 is 0 Å². The van der Waals surface area contributed by atoms with Crippen molar-refractivity contribution in [1.29, 1.82) is 0 Å². The molecule has 1 aliphatic heterocycles. The van der Waals surface area contributed by atoms with Crippen molar-refractivity contribution in [3.8, 4) is 0 Å². The minimum atomic E-state index is -0.533. The lowest BCUT2D eigenvalue weighted by Crippen LogP contribution is -2.41. The topological polar surface area (TPSA) is 75.3 Å².